The normalized spacial score (nSPS) is 16.4. The molecular formula is C60H60N4O7. The van der Waals surface area contributed by atoms with Crippen molar-refractivity contribution in [3.63, 3.8) is 0 Å². The van der Waals surface area contributed by atoms with E-state index in [4.69, 9.17) is 43.1 Å². The number of hydrogen-bond donors (Lipinski definition) is 2. The Balaban J connectivity index is 1.13. The number of H-pyrrole nitrogens is 2. The first-order valence-electron chi connectivity index (χ1n) is 24.5. The van der Waals surface area contributed by atoms with Crippen molar-refractivity contribution in [3.8, 4) is 50.3 Å². The van der Waals surface area contributed by atoms with Gasteiger partial charge in [0.1, 0.15) is 18.5 Å². The maximum absolute atomic E-state index is 6.79. The molecule has 1 saturated heterocycles. The molecule has 0 radical (unpaired) electrons. The topological polar surface area (TPSA) is 122 Å². The van der Waals surface area contributed by atoms with Crippen LogP contribution in [0.4, 0.5) is 0 Å². The van der Waals surface area contributed by atoms with Gasteiger partial charge in [0.15, 0.2) is 0 Å². The summed E-state index contributed by atoms with van der Waals surface area (Å²) >= 11 is 0. The number of nitrogens with one attached hydrogen (secondary N) is 2. The predicted molar refractivity (Wildman–Crippen MR) is 284 cm³/mol. The van der Waals surface area contributed by atoms with Crippen LogP contribution in [0.15, 0.2) is 121 Å². The summed E-state index contributed by atoms with van der Waals surface area (Å²) in [6.07, 6.45) is 8.11. The smallest absolute Gasteiger partial charge is 0.127 e. The number of benzene rings is 4. The van der Waals surface area contributed by atoms with Crippen molar-refractivity contribution in [2.45, 2.75) is 26.9 Å². The number of hydrogen-bond acceptors (Lipinski definition) is 9. The van der Waals surface area contributed by atoms with Crippen LogP contribution in [-0.4, -0.2) is 105 Å². The van der Waals surface area contributed by atoms with Crippen LogP contribution in [-0.2, 0) is 28.4 Å². The fourth-order valence-corrected chi connectivity index (χ4v) is 9.05. The third-order valence-electron chi connectivity index (χ3n) is 12.7. The molecule has 362 valence electrons. The third-order valence-corrected chi connectivity index (χ3v) is 12.7. The molecule has 0 amide bonds. The lowest BCUT2D eigenvalue weighted by atomic mass is 10.0. The molecule has 2 N–H and O–H groups in total. The number of ether oxygens (including phenoxy) is 7. The second-order valence-electron chi connectivity index (χ2n) is 17.9. The first kappa shape index (κ1) is 47.7. The zero-order chi connectivity index (χ0) is 48.4. The van der Waals surface area contributed by atoms with Crippen LogP contribution >= 0.6 is 0 Å². The van der Waals surface area contributed by atoms with Crippen molar-refractivity contribution < 1.29 is 33.2 Å². The van der Waals surface area contributed by atoms with Gasteiger partial charge in [-0.1, -0.05) is 108 Å². The second kappa shape index (κ2) is 22.9. The fourth-order valence-electron chi connectivity index (χ4n) is 9.05. The Hall–Kier alpha value is -6.96. The van der Waals surface area contributed by atoms with Gasteiger partial charge >= 0.3 is 0 Å². The average Bonchev–Trinajstić information content (AvgIpc) is 4.24. The minimum Gasteiger partial charge on any atom is -0.490 e. The van der Waals surface area contributed by atoms with Crippen LogP contribution < -0.4 is 4.74 Å². The largest absolute Gasteiger partial charge is 0.490 e. The SMILES string of the molecule is Cc1ccc(-c2c3nc(c(-c4ccc(C)cc4)c4ccc([nH]4)c(-c4ccccc4OCC4COCCOCCOCCOCCOCCO4)c4nc(c(-c5ccc(C)cc5)c5ccc2[nH]5)C=C4)C=C3)cc1. The van der Waals surface area contributed by atoms with E-state index in [0.717, 1.165) is 89.4 Å². The van der Waals surface area contributed by atoms with Gasteiger partial charge in [-0.25, -0.2) is 9.97 Å². The minimum absolute atomic E-state index is 0.232. The lowest BCUT2D eigenvalue weighted by Gasteiger charge is -2.20. The summed E-state index contributed by atoms with van der Waals surface area (Å²) in [6.45, 7) is 11.5. The number of aromatic amines is 2. The van der Waals surface area contributed by atoms with Crippen LogP contribution in [0.25, 0.3) is 90.9 Å². The molecule has 3 aliphatic rings. The number of nitrogens with zero attached hydrogens (tertiary/aromatic N) is 2. The third kappa shape index (κ3) is 11.5. The van der Waals surface area contributed by atoms with E-state index in [1.165, 1.54) is 16.7 Å². The zero-order valence-corrected chi connectivity index (χ0v) is 40.7. The van der Waals surface area contributed by atoms with Gasteiger partial charge in [-0.3, -0.25) is 0 Å². The Morgan fingerprint density at radius 3 is 1.23 bits per heavy atom. The van der Waals surface area contributed by atoms with Gasteiger partial charge in [-0.2, -0.15) is 0 Å². The molecule has 1 atom stereocenters. The molecule has 4 aromatic carbocycles. The zero-order valence-electron chi connectivity index (χ0n) is 40.7. The summed E-state index contributed by atoms with van der Waals surface area (Å²) < 4.78 is 42.0. The molecule has 0 spiro atoms. The fraction of sp³-hybridized carbons (Fsp3) is 0.267. The minimum atomic E-state index is -0.386. The highest BCUT2D eigenvalue weighted by Gasteiger charge is 2.21. The van der Waals surface area contributed by atoms with Crippen molar-refractivity contribution in [3.05, 3.63) is 161 Å². The van der Waals surface area contributed by atoms with Crippen LogP contribution in [0, 0.1) is 20.8 Å². The predicted octanol–water partition coefficient (Wildman–Crippen LogP) is 12.1. The number of para-hydroxylation sites is 1. The van der Waals surface area contributed by atoms with Gasteiger partial charge in [0.05, 0.1) is 95.5 Å². The van der Waals surface area contributed by atoms with E-state index in [9.17, 15) is 0 Å². The van der Waals surface area contributed by atoms with Gasteiger partial charge in [-0.05, 0) is 92.1 Å². The van der Waals surface area contributed by atoms with Crippen molar-refractivity contribution in [1.29, 1.82) is 0 Å². The van der Waals surface area contributed by atoms with E-state index in [1.807, 2.05) is 18.2 Å². The molecular weight excluding hydrogens is 889 g/mol. The summed E-state index contributed by atoms with van der Waals surface area (Å²) in [4.78, 5) is 18.8. The van der Waals surface area contributed by atoms with E-state index in [-0.39, 0.29) is 12.7 Å². The molecule has 71 heavy (non-hydrogen) atoms. The highest BCUT2D eigenvalue weighted by atomic mass is 16.6. The van der Waals surface area contributed by atoms with Crippen LogP contribution in [0.3, 0.4) is 0 Å². The molecule has 1 unspecified atom stereocenters. The van der Waals surface area contributed by atoms with Crippen molar-refractivity contribution >= 4 is 46.4 Å². The van der Waals surface area contributed by atoms with Gasteiger partial charge in [0, 0.05) is 49.9 Å². The second-order valence-corrected chi connectivity index (χ2v) is 17.9. The van der Waals surface area contributed by atoms with Crippen LogP contribution in [0.1, 0.15) is 39.5 Å². The first-order valence-corrected chi connectivity index (χ1v) is 24.5. The maximum atomic E-state index is 6.79. The molecule has 0 aliphatic carbocycles. The Bertz CT molecular complexity index is 3110. The summed E-state index contributed by atoms with van der Waals surface area (Å²) in [5, 5.41) is 0. The lowest BCUT2D eigenvalue weighted by Crippen LogP contribution is -2.29. The maximum Gasteiger partial charge on any atom is 0.127 e. The average molecular weight is 949 g/mol. The highest BCUT2D eigenvalue weighted by Crippen LogP contribution is 2.40. The summed E-state index contributed by atoms with van der Waals surface area (Å²) in [7, 11) is 0. The lowest BCUT2D eigenvalue weighted by molar-refractivity contribution is -0.0710. The van der Waals surface area contributed by atoms with Gasteiger partial charge < -0.3 is 43.1 Å². The Morgan fingerprint density at radius 2 is 0.789 bits per heavy atom. The first-order chi connectivity index (χ1) is 34.9. The highest BCUT2D eigenvalue weighted by molar-refractivity contribution is 6.00. The van der Waals surface area contributed by atoms with E-state index in [1.54, 1.807) is 0 Å². The van der Waals surface area contributed by atoms with E-state index < -0.39 is 0 Å². The quantitative estimate of drug-likeness (QED) is 0.161. The summed E-state index contributed by atoms with van der Waals surface area (Å²) in [5.41, 5.74) is 18.5. The number of aryl methyl sites for hydroxylation is 3. The molecule has 3 aliphatic heterocycles. The molecule has 3 aromatic heterocycles. The molecule has 7 aromatic rings. The molecule has 0 saturated carbocycles. The Kier molecular flexibility index (Phi) is 15.4. The van der Waals surface area contributed by atoms with E-state index in [2.05, 4.69) is 158 Å². The molecule has 10 rings (SSSR count). The Morgan fingerprint density at radius 1 is 0.423 bits per heavy atom. The van der Waals surface area contributed by atoms with Crippen molar-refractivity contribution in [1.82, 2.24) is 19.9 Å². The van der Waals surface area contributed by atoms with Gasteiger partial charge in [0.25, 0.3) is 0 Å². The number of fused-ring (bicyclic) bond motifs is 8. The molecule has 6 heterocycles. The monoisotopic (exact) mass is 948 g/mol. The van der Waals surface area contributed by atoms with Crippen molar-refractivity contribution in [2.24, 2.45) is 0 Å². The molecule has 11 nitrogen and oxygen atoms in total. The molecule has 1 fully saturated rings. The summed E-state index contributed by atoms with van der Waals surface area (Å²) in [5.74, 6) is 0.679. The number of aromatic nitrogens is 4. The summed E-state index contributed by atoms with van der Waals surface area (Å²) in [6, 6.07) is 42.7. The van der Waals surface area contributed by atoms with Gasteiger partial charge in [0.2, 0.25) is 0 Å². The van der Waals surface area contributed by atoms with Crippen LogP contribution in [0.5, 0.6) is 5.75 Å². The van der Waals surface area contributed by atoms with Crippen LogP contribution in [0.2, 0.25) is 0 Å². The van der Waals surface area contributed by atoms with Gasteiger partial charge in [-0.15, -0.1) is 0 Å². The van der Waals surface area contributed by atoms with E-state index >= 15 is 0 Å². The van der Waals surface area contributed by atoms with E-state index in [0.29, 0.717) is 78.4 Å². The standard InChI is InChI=1S/C60H60N4O7/c1-40-8-14-43(15-9-40)57-48-20-22-50(61-48)58(44-16-10-41(2)11-17-44)52-24-26-54(63-52)60(55-27-25-53(64-55)59(51-23-21-49(57)62-51)45-18-12-42(3)13-19-45)47-6-4-5-7-56(47)71-39-46-38-69-35-34-67-31-30-65-28-29-66-32-33-68-36-37-70-46/h4-27,46,61,64H,28-39H2,1-3H3. The Labute approximate surface area is 415 Å². The molecule has 8 bridgehead atoms. The van der Waals surface area contributed by atoms with Crippen molar-refractivity contribution in [2.75, 3.05) is 79.3 Å². The molecule has 11 heteroatoms. The number of rotatable bonds is 7.